The van der Waals surface area contributed by atoms with Crippen LogP contribution in [-0.4, -0.2) is 35.9 Å². The van der Waals surface area contributed by atoms with E-state index >= 15 is 0 Å². The zero-order valence-corrected chi connectivity index (χ0v) is 19.9. The van der Waals surface area contributed by atoms with Crippen LogP contribution in [0.15, 0.2) is 72.9 Å². The first-order chi connectivity index (χ1) is 17.4. The van der Waals surface area contributed by atoms with Crippen LogP contribution in [-0.2, 0) is 23.7 Å². The summed E-state index contributed by atoms with van der Waals surface area (Å²) in [4.78, 5) is 21.2. The molecule has 1 saturated heterocycles. The van der Waals surface area contributed by atoms with Crippen molar-refractivity contribution < 1.29 is 31.1 Å². The van der Waals surface area contributed by atoms with Crippen molar-refractivity contribution in [2.75, 3.05) is 25.0 Å². The third kappa shape index (κ3) is 6.23. The predicted molar refractivity (Wildman–Crippen MR) is 127 cm³/mol. The predicted octanol–water partition coefficient (Wildman–Crippen LogP) is 6.39. The number of halogens is 6. The Bertz CT molecular complexity index is 1180. The van der Waals surface area contributed by atoms with Gasteiger partial charge in [0.25, 0.3) is 0 Å². The van der Waals surface area contributed by atoms with Crippen molar-refractivity contribution in [1.82, 2.24) is 9.88 Å². The molecule has 2 atom stereocenters. The molecule has 1 amide bonds. The number of amides is 1. The summed E-state index contributed by atoms with van der Waals surface area (Å²) in [6, 6.07) is 16.4. The normalized spacial score (nSPS) is 18.5. The number of piperidine rings is 1. The minimum absolute atomic E-state index is 0.0874. The van der Waals surface area contributed by atoms with E-state index in [9.17, 15) is 31.1 Å². The summed E-state index contributed by atoms with van der Waals surface area (Å²) in [5, 5.41) is 0. The molecule has 0 spiro atoms. The summed E-state index contributed by atoms with van der Waals surface area (Å²) in [5.74, 6) is -0.300. The Hall–Kier alpha value is -3.56. The number of carbonyl (C=O) groups is 1. The van der Waals surface area contributed by atoms with E-state index in [2.05, 4.69) is 9.88 Å². The second kappa shape index (κ2) is 10.4. The van der Waals surface area contributed by atoms with Gasteiger partial charge in [-0.15, -0.1) is 0 Å². The van der Waals surface area contributed by atoms with Gasteiger partial charge in [-0.1, -0.05) is 36.4 Å². The van der Waals surface area contributed by atoms with Gasteiger partial charge in [0.2, 0.25) is 5.91 Å². The molecule has 0 bridgehead atoms. The van der Waals surface area contributed by atoms with E-state index in [1.54, 1.807) is 12.3 Å². The number of hydrogen-bond donors (Lipinski definition) is 0. The highest BCUT2D eigenvalue weighted by atomic mass is 19.4. The number of alkyl halides is 6. The van der Waals surface area contributed by atoms with Gasteiger partial charge in [0.1, 0.15) is 5.82 Å². The fourth-order valence-electron chi connectivity index (χ4n) is 4.78. The Kier molecular flexibility index (Phi) is 7.47. The van der Waals surface area contributed by atoms with Crippen molar-refractivity contribution in [2.45, 2.75) is 31.2 Å². The van der Waals surface area contributed by atoms with Gasteiger partial charge >= 0.3 is 12.4 Å². The van der Waals surface area contributed by atoms with Gasteiger partial charge in [-0.25, -0.2) is 4.98 Å². The van der Waals surface area contributed by atoms with Crippen molar-refractivity contribution in [3.05, 3.63) is 95.2 Å². The molecule has 1 aromatic heterocycles. The second-order valence-electron chi connectivity index (χ2n) is 9.15. The molecule has 196 valence electrons. The number of benzene rings is 2. The fraction of sp³-hybridized carbons (Fsp3) is 0.333. The van der Waals surface area contributed by atoms with E-state index in [1.807, 2.05) is 42.5 Å². The van der Waals surface area contributed by atoms with Crippen LogP contribution >= 0.6 is 0 Å². The zero-order chi connectivity index (χ0) is 26.8. The van der Waals surface area contributed by atoms with Crippen molar-refractivity contribution in [2.24, 2.45) is 5.92 Å². The maximum Gasteiger partial charge on any atom is 0.416 e. The molecule has 0 N–H and O–H groups in total. The third-order valence-corrected chi connectivity index (χ3v) is 6.57. The van der Waals surface area contributed by atoms with Crippen molar-refractivity contribution >= 4 is 11.7 Å². The van der Waals surface area contributed by atoms with E-state index in [0.717, 1.165) is 11.4 Å². The summed E-state index contributed by atoms with van der Waals surface area (Å²) in [5.41, 5.74) is -2.11. The van der Waals surface area contributed by atoms with Crippen LogP contribution in [0.2, 0.25) is 0 Å². The first-order valence-corrected chi connectivity index (χ1v) is 11.7. The van der Waals surface area contributed by atoms with Gasteiger partial charge in [0.15, 0.2) is 0 Å². The lowest BCUT2D eigenvalue weighted by atomic mass is 9.79. The van der Waals surface area contributed by atoms with Gasteiger partial charge in [-0.05, 0) is 47.9 Å². The maximum absolute atomic E-state index is 13.5. The highest BCUT2D eigenvalue weighted by molar-refractivity contribution is 5.80. The quantitative estimate of drug-likeness (QED) is 0.365. The van der Waals surface area contributed by atoms with Crippen molar-refractivity contribution in [3.63, 3.8) is 0 Å². The second-order valence-corrected chi connectivity index (χ2v) is 9.15. The smallest absolute Gasteiger partial charge is 0.356 e. The van der Waals surface area contributed by atoms with Crippen LogP contribution in [0.1, 0.15) is 34.6 Å². The van der Waals surface area contributed by atoms with Gasteiger partial charge in [0.05, 0.1) is 11.1 Å². The van der Waals surface area contributed by atoms with Gasteiger partial charge in [-0.3, -0.25) is 4.79 Å². The topological polar surface area (TPSA) is 36.4 Å². The first-order valence-electron chi connectivity index (χ1n) is 11.7. The number of rotatable bonds is 5. The van der Waals surface area contributed by atoms with E-state index in [4.69, 9.17) is 0 Å². The largest absolute Gasteiger partial charge is 0.416 e. The number of nitrogens with zero attached hydrogens (tertiary/aromatic N) is 3. The lowest BCUT2D eigenvalue weighted by Crippen LogP contribution is -2.46. The average Bonchev–Trinajstić information content (AvgIpc) is 2.87. The molecule has 1 aliphatic rings. The third-order valence-electron chi connectivity index (χ3n) is 6.57. The lowest BCUT2D eigenvalue weighted by Gasteiger charge is -2.40. The van der Waals surface area contributed by atoms with E-state index in [-0.39, 0.29) is 30.0 Å². The highest BCUT2D eigenvalue weighted by Gasteiger charge is 2.39. The average molecular weight is 522 g/mol. The lowest BCUT2D eigenvalue weighted by molar-refractivity contribution is -0.143. The molecule has 0 radical (unpaired) electrons. The van der Waals surface area contributed by atoms with E-state index in [1.165, 1.54) is 11.9 Å². The molecule has 1 aliphatic heterocycles. The standard InChI is InChI=1S/C27H25F6N3O/c1-35(16-18-13-20(26(28,29)30)15-21(14-18)27(31,32)33)25(37)22-10-12-36(24-9-5-6-11-34-24)17-23(22)19-7-3-2-4-8-19/h2-9,11,13-15,22-23H,10,12,16-17H2,1H3/t22-,23-/m0/s1. The monoisotopic (exact) mass is 521 g/mol. The molecule has 4 rings (SSSR count). The molecule has 37 heavy (non-hydrogen) atoms. The van der Waals surface area contributed by atoms with Crippen molar-refractivity contribution in [1.29, 1.82) is 0 Å². The highest BCUT2D eigenvalue weighted by Crippen LogP contribution is 2.38. The van der Waals surface area contributed by atoms with Gasteiger partial charge in [-0.2, -0.15) is 26.3 Å². The number of anilines is 1. The molecular weight excluding hydrogens is 496 g/mol. The van der Waals surface area contributed by atoms with Crippen LogP contribution in [0.3, 0.4) is 0 Å². The van der Waals surface area contributed by atoms with Gasteiger partial charge < -0.3 is 9.80 Å². The summed E-state index contributed by atoms with van der Waals surface area (Å²) in [6.07, 6.45) is -7.76. The minimum atomic E-state index is -4.95. The Morgan fingerprint density at radius 3 is 2.14 bits per heavy atom. The fourth-order valence-corrected chi connectivity index (χ4v) is 4.78. The molecule has 1 fully saturated rings. The molecule has 10 heteroatoms. The molecule has 2 aromatic carbocycles. The summed E-state index contributed by atoms with van der Waals surface area (Å²) < 4.78 is 79.7. The molecular formula is C27H25F6N3O. The SMILES string of the molecule is CN(Cc1cc(C(F)(F)F)cc(C(F)(F)F)c1)C(=O)[C@H]1CCN(c2ccccn2)C[C@H]1c1ccccc1. The Morgan fingerprint density at radius 1 is 0.946 bits per heavy atom. The molecule has 0 unspecified atom stereocenters. The maximum atomic E-state index is 13.5. The molecule has 4 nitrogen and oxygen atoms in total. The number of hydrogen-bond acceptors (Lipinski definition) is 3. The summed E-state index contributed by atoms with van der Waals surface area (Å²) in [6.45, 7) is 0.646. The van der Waals surface area contributed by atoms with Crippen LogP contribution in [0.5, 0.6) is 0 Å². The van der Waals surface area contributed by atoms with Gasteiger partial charge in [0, 0.05) is 44.7 Å². The molecule has 0 saturated carbocycles. The first kappa shape index (κ1) is 26.5. The van der Waals surface area contributed by atoms with E-state index < -0.39 is 29.4 Å². The minimum Gasteiger partial charge on any atom is -0.356 e. The molecule has 3 aromatic rings. The van der Waals surface area contributed by atoms with Crippen molar-refractivity contribution in [3.8, 4) is 0 Å². The van der Waals surface area contributed by atoms with Crippen LogP contribution in [0.4, 0.5) is 32.2 Å². The van der Waals surface area contributed by atoms with Crippen LogP contribution in [0.25, 0.3) is 0 Å². The number of aromatic nitrogens is 1. The molecule has 0 aliphatic carbocycles. The Balaban J connectivity index is 1.59. The Labute approximate surface area is 210 Å². The number of pyridine rings is 1. The number of carbonyl (C=O) groups excluding carboxylic acids is 1. The Morgan fingerprint density at radius 2 is 1.57 bits per heavy atom. The van der Waals surface area contributed by atoms with E-state index in [0.29, 0.717) is 31.6 Å². The summed E-state index contributed by atoms with van der Waals surface area (Å²) >= 11 is 0. The molecule has 2 heterocycles. The van der Waals surface area contributed by atoms with Crippen LogP contribution in [0, 0.1) is 5.92 Å². The van der Waals surface area contributed by atoms with Crippen LogP contribution < -0.4 is 4.90 Å². The summed E-state index contributed by atoms with van der Waals surface area (Å²) in [7, 11) is 1.41. The zero-order valence-electron chi connectivity index (χ0n) is 19.9.